The van der Waals surface area contributed by atoms with Crippen molar-refractivity contribution >= 4 is 23.2 Å². The summed E-state index contributed by atoms with van der Waals surface area (Å²) in [5.74, 6) is 0.759. The smallest absolute Gasteiger partial charge is 0.312 e. The molecule has 1 atom stereocenters. The molecule has 1 unspecified atom stereocenters. The SMILES string of the molecule is COc1ccc(-c2nc(CC(=O)OCC(=O)NC(C)C(C)C)cs2)cc1OC. The van der Waals surface area contributed by atoms with Crippen molar-refractivity contribution in [2.45, 2.75) is 33.2 Å². The van der Waals surface area contributed by atoms with Gasteiger partial charge in [0.25, 0.3) is 5.91 Å². The van der Waals surface area contributed by atoms with E-state index in [9.17, 15) is 9.59 Å². The summed E-state index contributed by atoms with van der Waals surface area (Å²) in [7, 11) is 3.15. The summed E-state index contributed by atoms with van der Waals surface area (Å²) in [5.41, 5.74) is 1.46. The van der Waals surface area contributed by atoms with Gasteiger partial charge in [-0.2, -0.15) is 0 Å². The van der Waals surface area contributed by atoms with Crippen LogP contribution in [-0.2, 0) is 20.7 Å². The van der Waals surface area contributed by atoms with Crippen molar-refractivity contribution in [3.8, 4) is 22.1 Å². The Morgan fingerprint density at radius 1 is 1.14 bits per heavy atom. The van der Waals surface area contributed by atoms with Crippen LogP contribution in [0, 0.1) is 5.92 Å². The quantitative estimate of drug-likeness (QED) is 0.644. The molecule has 0 saturated heterocycles. The second-order valence-electron chi connectivity index (χ2n) is 6.65. The normalized spacial score (nSPS) is 11.8. The maximum atomic E-state index is 12.0. The molecular weight excluding hydrogens is 380 g/mol. The van der Waals surface area contributed by atoms with Crippen molar-refractivity contribution in [1.29, 1.82) is 0 Å². The lowest BCUT2D eigenvalue weighted by Crippen LogP contribution is -2.38. The largest absolute Gasteiger partial charge is 0.493 e. The van der Waals surface area contributed by atoms with Gasteiger partial charge in [-0.3, -0.25) is 9.59 Å². The lowest BCUT2D eigenvalue weighted by molar-refractivity contribution is -0.148. The number of amides is 1. The summed E-state index contributed by atoms with van der Waals surface area (Å²) < 4.78 is 15.6. The highest BCUT2D eigenvalue weighted by Crippen LogP contribution is 2.33. The summed E-state index contributed by atoms with van der Waals surface area (Å²) in [6, 6.07) is 5.54. The Labute approximate surface area is 169 Å². The number of ether oxygens (including phenoxy) is 3. The van der Waals surface area contributed by atoms with Crippen LogP contribution in [0.2, 0.25) is 0 Å². The molecule has 0 bridgehead atoms. The van der Waals surface area contributed by atoms with Gasteiger partial charge in [0.1, 0.15) is 5.01 Å². The number of benzene rings is 1. The van der Waals surface area contributed by atoms with Gasteiger partial charge in [-0.05, 0) is 31.0 Å². The molecule has 1 heterocycles. The zero-order valence-corrected chi connectivity index (χ0v) is 17.6. The third-order valence-corrected chi connectivity index (χ3v) is 5.20. The minimum Gasteiger partial charge on any atom is -0.493 e. The average molecular weight is 407 g/mol. The molecule has 8 heteroatoms. The number of hydrogen-bond donors (Lipinski definition) is 1. The Morgan fingerprint density at radius 2 is 1.86 bits per heavy atom. The number of esters is 1. The van der Waals surface area contributed by atoms with E-state index in [-0.39, 0.29) is 25.0 Å². The first-order chi connectivity index (χ1) is 13.3. The van der Waals surface area contributed by atoms with Crippen LogP contribution in [0.15, 0.2) is 23.6 Å². The molecule has 0 saturated carbocycles. The summed E-state index contributed by atoms with van der Waals surface area (Å²) in [5, 5.41) is 5.35. The molecule has 2 rings (SSSR count). The highest BCUT2D eigenvalue weighted by atomic mass is 32.1. The Hall–Kier alpha value is -2.61. The van der Waals surface area contributed by atoms with E-state index in [0.29, 0.717) is 23.1 Å². The molecule has 0 aliphatic rings. The van der Waals surface area contributed by atoms with Crippen molar-refractivity contribution in [3.63, 3.8) is 0 Å². The Balaban J connectivity index is 1.92. The molecule has 1 amide bonds. The number of nitrogens with zero attached hydrogens (tertiary/aromatic N) is 1. The van der Waals surface area contributed by atoms with E-state index >= 15 is 0 Å². The molecule has 1 N–H and O–H groups in total. The zero-order chi connectivity index (χ0) is 20.7. The zero-order valence-electron chi connectivity index (χ0n) is 16.8. The maximum Gasteiger partial charge on any atom is 0.312 e. The average Bonchev–Trinajstić information content (AvgIpc) is 3.14. The van der Waals surface area contributed by atoms with Crippen LogP contribution in [-0.4, -0.2) is 43.7 Å². The van der Waals surface area contributed by atoms with Crippen LogP contribution in [0.5, 0.6) is 11.5 Å². The van der Waals surface area contributed by atoms with Crippen LogP contribution in [0.1, 0.15) is 26.5 Å². The monoisotopic (exact) mass is 406 g/mol. The summed E-state index contributed by atoms with van der Waals surface area (Å²) in [6.45, 7) is 5.64. The topological polar surface area (TPSA) is 86.8 Å². The maximum absolute atomic E-state index is 12.0. The number of aromatic nitrogens is 1. The van der Waals surface area contributed by atoms with E-state index in [4.69, 9.17) is 14.2 Å². The summed E-state index contributed by atoms with van der Waals surface area (Å²) in [6.07, 6.45) is 0.0107. The summed E-state index contributed by atoms with van der Waals surface area (Å²) >= 11 is 1.42. The van der Waals surface area contributed by atoms with Gasteiger partial charge < -0.3 is 19.5 Å². The van der Waals surface area contributed by atoms with Crippen LogP contribution in [0.25, 0.3) is 10.6 Å². The van der Waals surface area contributed by atoms with Crippen LogP contribution in [0.3, 0.4) is 0 Å². The highest BCUT2D eigenvalue weighted by molar-refractivity contribution is 7.13. The van der Waals surface area contributed by atoms with E-state index in [1.54, 1.807) is 25.7 Å². The van der Waals surface area contributed by atoms with E-state index in [2.05, 4.69) is 10.3 Å². The second kappa shape index (κ2) is 10.1. The highest BCUT2D eigenvalue weighted by Gasteiger charge is 2.15. The van der Waals surface area contributed by atoms with E-state index in [0.717, 1.165) is 10.6 Å². The predicted octanol–water partition coefficient (Wildman–Crippen LogP) is 3.07. The van der Waals surface area contributed by atoms with E-state index in [1.807, 2.05) is 32.9 Å². The Kier molecular flexibility index (Phi) is 7.80. The number of hydrogen-bond acceptors (Lipinski definition) is 7. The van der Waals surface area contributed by atoms with E-state index in [1.165, 1.54) is 11.3 Å². The van der Waals surface area contributed by atoms with Gasteiger partial charge in [-0.1, -0.05) is 13.8 Å². The van der Waals surface area contributed by atoms with Gasteiger partial charge in [-0.25, -0.2) is 4.98 Å². The fraction of sp³-hybridized carbons (Fsp3) is 0.450. The third kappa shape index (κ3) is 5.95. The molecule has 0 fully saturated rings. The van der Waals surface area contributed by atoms with Gasteiger partial charge in [0.05, 0.1) is 26.3 Å². The standard InChI is InChI=1S/C20H26N2O5S/c1-12(2)13(3)21-18(23)10-27-19(24)9-15-11-28-20(22-15)14-6-7-16(25-4)17(8-14)26-5/h6-8,11-13H,9-10H2,1-5H3,(H,21,23). The van der Waals surface area contributed by atoms with Crippen molar-refractivity contribution in [2.24, 2.45) is 5.92 Å². The molecular formula is C20H26N2O5S. The number of methoxy groups -OCH3 is 2. The minimum absolute atomic E-state index is 0.0107. The molecule has 7 nitrogen and oxygen atoms in total. The van der Waals surface area contributed by atoms with Gasteiger partial charge in [0.2, 0.25) is 0 Å². The first-order valence-corrected chi connectivity index (χ1v) is 9.83. The third-order valence-electron chi connectivity index (χ3n) is 4.26. The van der Waals surface area contributed by atoms with Gasteiger partial charge >= 0.3 is 5.97 Å². The minimum atomic E-state index is -0.489. The van der Waals surface area contributed by atoms with Crippen molar-refractivity contribution in [2.75, 3.05) is 20.8 Å². The molecule has 0 aliphatic heterocycles. The molecule has 1 aromatic carbocycles. The molecule has 1 aromatic heterocycles. The molecule has 152 valence electrons. The molecule has 0 spiro atoms. The first kappa shape index (κ1) is 21.7. The van der Waals surface area contributed by atoms with E-state index < -0.39 is 5.97 Å². The number of carbonyl (C=O) groups is 2. The molecule has 0 aliphatic carbocycles. The van der Waals surface area contributed by atoms with Crippen molar-refractivity contribution in [1.82, 2.24) is 10.3 Å². The van der Waals surface area contributed by atoms with Crippen LogP contribution in [0.4, 0.5) is 0 Å². The van der Waals surface area contributed by atoms with Crippen LogP contribution >= 0.6 is 11.3 Å². The second-order valence-corrected chi connectivity index (χ2v) is 7.51. The number of carbonyl (C=O) groups excluding carboxylic acids is 2. The van der Waals surface area contributed by atoms with Crippen LogP contribution < -0.4 is 14.8 Å². The summed E-state index contributed by atoms with van der Waals surface area (Å²) in [4.78, 5) is 28.3. The lowest BCUT2D eigenvalue weighted by Gasteiger charge is -2.17. The van der Waals surface area contributed by atoms with Gasteiger partial charge in [0, 0.05) is 17.0 Å². The first-order valence-electron chi connectivity index (χ1n) is 8.95. The fourth-order valence-electron chi connectivity index (χ4n) is 2.30. The number of thiazole rings is 1. The van der Waals surface area contributed by atoms with Crippen molar-refractivity contribution < 1.29 is 23.8 Å². The Bertz CT molecular complexity index is 819. The predicted molar refractivity (Wildman–Crippen MR) is 108 cm³/mol. The fourth-order valence-corrected chi connectivity index (χ4v) is 3.11. The lowest BCUT2D eigenvalue weighted by atomic mass is 10.1. The number of rotatable bonds is 9. The molecule has 0 radical (unpaired) electrons. The molecule has 28 heavy (non-hydrogen) atoms. The number of nitrogens with one attached hydrogen (secondary N) is 1. The van der Waals surface area contributed by atoms with Gasteiger partial charge in [-0.15, -0.1) is 11.3 Å². The molecule has 2 aromatic rings. The van der Waals surface area contributed by atoms with Crippen molar-refractivity contribution in [3.05, 3.63) is 29.3 Å². The van der Waals surface area contributed by atoms with Gasteiger partial charge in [0.15, 0.2) is 18.1 Å². The Morgan fingerprint density at radius 3 is 2.50 bits per heavy atom.